The summed E-state index contributed by atoms with van der Waals surface area (Å²) < 4.78 is 16.7. The standard InChI is InChI=1S/C49H88O6/c1-4-7-10-13-16-19-22-24-26-27-30-33-36-39-42-48(51)54-45-46(44-53-47(50)41-38-35-32-29-21-18-15-12-9-6-3)55-49(52)43-40-37-34-31-28-25-23-20-17-14-11-8-5-2/h15,18,25-28,46H,4-14,16-17,19-24,29-45H2,1-3H3/b18-15-,27-26-,28-25-. The highest BCUT2D eigenvalue weighted by molar-refractivity contribution is 5.71. The van der Waals surface area contributed by atoms with Crippen LogP contribution in [0.3, 0.4) is 0 Å². The number of hydrogen-bond acceptors (Lipinski definition) is 6. The summed E-state index contributed by atoms with van der Waals surface area (Å²) >= 11 is 0. The van der Waals surface area contributed by atoms with Gasteiger partial charge in [0, 0.05) is 19.3 Å². The third-order valence-corrected chi connectivity index (χ3v) is 10.1. The summed E-state index contributed by atoms with van der Waals surface area (Å²) in [5, 5.41) is 0. The Labute approximate surface area is 340 Å². The first-order chi connectivity index (χ1) is 27.0. The number of unbranched alkanes of at least 4 members (excludes halogenated alkanes) is 25. The fourth-order valence-corrected chi connectivity index (χ4v) is 6.47. The third kappa shape index (κ3) is 42.6. The quantitative estimate of drug-likeness (QED) is 0.0266. The van der Waals surface area contributed by atoms with Gasteiger partial charge >= 0.3 is 17.9 Å². The molecule has 0 aliphatic carbocycles. The topological polar surface area (TPSA) is 78.9 Å². The lowest BCUT2D eigenvalue weighted by atomic mass is 10.1. The molecule has 6 heteroatoms. The molecule has 6 nitrogen and oxygen atoms in total. The van der Waals surface area contributed by atoms with E-state index in [1.807, 2.05) is 0 Å². The minimum Gasteiger partial charge on any atom is -0.462 e. The van der Waals surface area contributed by atoms with Crippen molar-refractivity contribution in [3.63, 3.8) is 0 Å². The zero-order valence-electron chi connectivity index (χ0n) is 36.4. The highest BCUT2D eigenvalue weighted by Gasteiger charge is 2.19. The van der Waals surface area contributed by atoms with Crippen LogP contribution >= 0.6 is 0 Å². The van der Waals surface area contributed by atoms with Gasteiger partial charge in [0.2, 0.25) is 0 Å². The highest BCUT2D eigenvalue weighted by atomic mass is 16.6. The number of allylic oxidation sites excluding steroid dienone is 6. The second-order valence-electron chi connectivity index (χ2n) is 15.7. The van der Waals surface area contributed by atoms with Gasteiger partial charge < -0.3 is 14.2 Å². The molecule has 0 saturated heterocycles. The number of carbonyl (C=O) groups is 3. The van der Waals surface area contributed by atoms with Crippen molar-refractivity contribution in [2.24, 2.45) is 0 Å². The summed E-state index contributed by atoms with van der Waals surface area (Å²) in [6, 6.07) is 0. The molecule has 0 amide bonds. The maximum absolute atomic E-state index is 12.7. The van der Waals surface area contributed by atoms with Crippen molar-refractivity contribution in [3.8, 4) is 0 Å². The Kier molecular flexibility index (Phi) is 42.4. The van der Waals surface area contributed by atoms with E-state index in [2.05, 4.69) is 57.2 Å². The summed E-state index contributed by atoms with van der Waals surface area (Å²) in [7, 11) is 0. The van der Waals surface area contributed by atoms with Gasteiger partial charge in [-0.15, -0.1) is 0 Å². The Balaban J connectivity index is 4.41. The maximum atomic E-state index is 12.7. The zero-order valence-corrected chi connectivity index (χ0v) is 36.4. The zero-order chi connectivity index (χ0) is 40.1. The molecular weight excluding hydrogens is 685 g/mol. The molecule has 0 aromatic rings. The van der Waals surface area contributed by atoms with Crippen molar-refractivity contribution in [2.45, 2.75) is 245 Å². The number of esters is 3. The first-order valence-corrected chi connectivity index (χ1v) is 23.5. The molecule has 0 aliphatic rings. The monoisotopic (exact) mass is 773 g/mol. The molecule has 0 N–H and O–H groups in total. The molecule has 0 aliphatic heterocycles. The minimum atomic E-state index is -0.786. The molecule has 0 spiro atoms. The molecule has 0 aromatic heterocycles. The van der Waals surface area contributed by atoms with Crippen LogP contribution in [0.4, 0.5) is 0 Å². The van der Waals surface area contributed by atoms with Gasteiger partial charge in [-0.2, -0.15) is 0 Å². The van der Waals surface area contributed by atoms with Gasteiger partial charge in [-0.3, -0.25) is 14.4 Å². The van der Waals surface area contributed by atoms with Crippen LogP contribution in [-0.4, -0.2) is 37.2 Å². The molecule has 55 heavy (non-hydrogen) atoms. The van der Waals surface area contributed by atoms with Crippen LogP contribution < -0.4 is 0 Å². The van der Waals surface area contributed by atoms with Crippen molar-refractivity contribution in [1.29, 1.82) is 0 Å². The van der Waals surface area contributed by atoms with Gasteiger partial charge in [0.1, 0.15) is 13.2 Å². The van der Waals surface area contributed by atoms with Crippen LogP contribution in [0.1, 0.15) is 239 Å². The minimum absolute atomic E-state index is 0.0883. The highest BCUT2D eigenvalue weighted by Crippen LogP contribution is 2.13. The van der Waals surface area contributed by atoms with E-state index in [4.69, 9.17) is 14.2 Å². The Morgan fingerprint density at radius 1 is 0.345 bits per heavy atom. The van der Waals surface area contributed by atoms with E-state index in [0.29, 0.717) is 19.3 Å². The molecule has 0 bridgehead atoms. The molecule has 0 fully saturated rings. The SMILES string of the molecule is CCCC/C=C\CCCCCCC(=O)OCC(COC(=O)CCCCC/C=C\CCCCCCCCC)OC(=O)CCCCC/C=C\CCCCCCCC. The van der Waals surface area contributed by atoms with Crippen LogP contribution in [0.15, 0.2) is 36.5 Å². The summed E-state index contributed by atoms with van der Waals surface area (Å²) in [5.74, 6) is -0.932. The molecule has 0 saturated carbocycles. The third-order valence-electron chi connectivity index (χ3n) is 10.1. The fourth-order valence-electron chi connectivity index (χ4n) is 6.47. The van der Waals surface area contributed by atoms with Gasteiger partial charge in [-0.25, -0.2) is 0 Å². The lowest BCUT2D eigenvalue weighted by Gasteiger charge is -2.18. The summed E-state index contributed by atoms with van der Waals surface area (Å²) in [5.41, 5.74) is 0. The Morgan fingerprint density at radius 2 is 0.618 bits per heavy atom. The molecule has 0 heterocycles. The summed E-state index contributed by atoms with van der Waals surface area (Å²) in [6.45, 7) is 6.54. The fraction of sp³-hybridized carbons (Fsp3) is 0.816. The molecule has 320 valence electrons. The Bertz CT molecular complexity index is 938. The lowest BCUT2D eigenvalue weighted by Crippen LogP contribution is -2.30. The molecule has 0 rings (SSSR count). The van der Waals surface area contributed by atoms with Crippen molar-refractivity contribution < 1.29 is 28.6 Å². The van der Waals surface area contributed by atoms with E-state index >= 15 is 0 Å². The second kappa shape index (κ2) is 44.3. The van der Waals surface area contributed by atoms with E-state index in [1.165, 1.54) is 96.3 Å². The smallest absolute Gasteiger partial charge is 0.306 e. The predicted molar refractivity (Wildman–Crippen MR) is 233 cm³/mol. The van der Waals surface area contributed by atoms with Crippen molar-refractivity contribution in [1.82, 2.24) is 0 Å². The van der Waals surface area contributed by atoms with Crippen LogP contribution in [0, 0.1) is 0 Å². The van der Waals surface area contributed by atoms with Crippen molar-refractivity contribution >= 4 is 17.9 Å². The van der Waals surface area contributed by atoms with E-state index in [1.54, 1.807) is 0 Å². The first-order valence-electron chi connectivity index (χ1n) is 23.5. The molecular formula is C49H88O6. The molecule has 1 unspecified atom stereocenters. The van der Waals surface area contributed by atoms with Gasteiger partial charge in [-0.1, -0.05) is 166 Å². The first kappa shape index (κ1) is 52.6. The van der Waals surface area contributed by atoms with Gasteiger partial charge in [0.25, 0.3) is 0 Å². The van der Waals surface area contributed by atoms with Crippen LogP contribution in [-0.2, 0) is 28.6 Å². The van der Waals surface area contributed by atoms with E-state index < -0.39 is 6.10 Å². The largest absolute Gasteiger partial charge is 0.462 e. The number of ether oxygens (including phenoxy) is 3. The van der Waals surface area contributed by atoms with Gasteiger partial charge in [0.05, 0.1) is 0 Å². The average molecular weight is 773 g/mol. The average Bonchev–Trinajstić information content (AvgIpc) is 3.18. The Hall–Kier alpha value is -2.37. The lowest BCUT2D eigenvalue weighted by molar-refractivity contribution is -0.167. The van der Waals surface area contributed by atoms with Crippen LogP contribution in [0.5, 0.6) is 0 Å². The molecule has 0 radical (unpaired) electrons. The van der Waals surface area contributed by atoms with Crippen molar-refractivity contribution in [2.75, 3.05) is 13.2 Å². The van der Waals surface area contributed by atoms with Crippen LogP contribution in [0.2, 0.25) is 0 Å². The summed E-state index contributed by atoms with van der Waals surface area (Å²) in [6.07, 6.45) is 49.8. The number of hydrogen-bond donors (Lipinski definition) is 0. The maximum Gasteiger partial charge on any atom is 0.306 e. The van der Waals surface area contributed by atoms with Gasteiger partial charge in [-0.05, 0) is 89.9 Å². The predicted octanol–water partition coefficient (Wildman–Crippen LogP) is 15.0. The second-order valence-corrected chi connectivity index (χ2v) is 15.7. The van der Waals surface area contributed by atoms with Crippen molar-refractivity contribution in [3.05, 3.63) is 36.5 Å². The number of carbonyl (C=O) groups excluding carboxylic acids is 3. The Morgan fingerprint density at radius 3 is 0.982 bits per heavy atom. The van der Waals surface area contributed by atoms with E-state index in [-0.39, 0.29) is 31.1 Å². The van der Waals surface area contributed by atoms with E-state index in [0.717, 1.165) is 103 Å². The summed E-state index contributed by atoms with van der Waals surface area (Å²) in [4.78, 5) is 37.7. The van der Waals surface area contributed by atoms with Crippen LogP contribution in [0.25, 0.3) is 0 Å². The van der Waals surface area contributed by atoms with E-state index in [9.17, 15) is 14.4 Å². The van der Waals surface area contributed by atoms with Gasteiger partial charge in [0.15, 0.2) is 6.10 Å². The number of rotatable bonds is 42. The normalized spacial score (nSPS) is 12.3. The molecule has 1 atom stereocenters. The molecule has 0 aromatic carbocycles.